The van der Waals surface area contributed by atoms with Gasteiger partial charge in [0.15, 0.2) is 0 Å². The van der Waals surface area contributed by atoms with Gasteiger partial charge in [-0.3, -0.25) is 9.79 Å². The van der Waals surface area contributed by atoms with Crippen LogP contribution in [0.5, 0.6) is 0 Å². The lowest BCUT2D eigenvalue weighted by Crippen LogP contribution is -2.26. The van der Waals surface area contributed by atoms with Crippen LogP contribution in [0.15, 0.2) is 47.6 Å². The number of hydrogen-bond donors (Lipinski definition) is 1. The lowest BCUT2D eigenvalue weighted by Gasteiger charge is -2.22. The molecule has 1 amide bonds. The number of nitrogens with one attached hydrogen (secondary N) is 1. The highest BCUT2D eigenvalue weighted by Crippen LogP contribution is 2.54. The molecule has 3 fully saturated rings. The number of carbonyl (C=O) groups is 1. The van der Waals surface area contributed by atoms with Crippen LogP contribution in [-0.4, -0.2) is 17.6 Å². The van der Waals surface area contributed by atoms with E-state index in [1.807, 2.05) is 26.0 Å². The van der Waals surface area contributed by atoms with Gasteiger partial charge in [0.2, 0.25) is 5.91 Å². The van der Waals surface area contributed by atoms with Crippen molar-refractivity contribution in [3.63, 3.8) is 0 Å². The largest absolute Gasteiger partial charge is 0.310 e. The molecule has 0 saturated heterocycles. The summed E-state index contributed by atoms with van der Waals surface area (Å²) in [6.07, 6.45) is 10.5. The molecule has 4 nitrogen and oxygen atoms in total. The van der Waals surface area contributed by atoms with Crippen LogP contribution in [0.25, 0.3) is 5.57 Å². The number of fused-ring (bicyclic) bond motifs is 1. The summed E-state index contributed by atoms with van der Waals surface area (Å²) in [6.45, 7) is 7.74. The van der Waals surface area contributed by atoms with Crippen LogP contribution in [0.3, 0.4) is 0 Å². The van der Waals surface area contributed by atoms with E-state index in [1.54, 1.807) is 18.3 Å². The average Bonchev–Trinajstić information content (AvgIpc) is 3.51. The summed E-state index contributed by atoms with van der Waals surface area (Å²) in [7, 11) is 0. The number of anilines is 1. The number of halogens is 1. The molecule has 1 heterocycles. The van der Waals surface area contributed by atoms with Gasteiger partial charge >= 0.3 is 0 Å². The predicted octanol–water partition coefficient (Wildman–Crippen LogP) is 7.04. The number of nitrogens with zero attached hydrogens (tertiary/aromatic N) is 2. The summed E-state index contributed by atoms with van der Waals surface area (Å²) in [5.41, 5.74) is 3.66. The van der Waals surface area contributed by atoms with Crippen molar-refractivity contribution in [2.24, 2.45) is 40.5 Å². The minimum atomic E-state index is -0.245. The van der Waals surface area contributed by atoms with Gasteiger partial charge in [-0.15, -0.1) is 0 Å². The van der Waals surface area contributed by atoms with Gasteiger partial charge in [0, 0.05) is 29.2 Å². The molecule has 2 aromatic rings. The molecule has 0 spiro atoms. The van der Waals surface area contributed by atoms with E-state index < -0.39 is 0 Å². The first-order chi connectivity index (χ1) is 17.4. The first-order valence-electron chi connectivity index (χ1n) is 13.2. The number of hydrogen-bond acceptors (Lipinski definition) is 3. The Morgan fingerprint density at radius 1 is 1.19 bits per heavy atom. The third-order valence-electron chi connectivity index (χ3n) is 8.38. The van der Waals surface area contributed by atoms with Crippen molar-refractivity contribution in [1.82, 2.24) is 4.98 Å². The number of aliphatic imine (C=N–C) groups is 1. The highest BCUT2D eigenvalue weighted by molar-refractivity contribution is 5.91. The Morgan fingerprint density at radius 2 is 1.94 bits per heavy atom. The SMILES string of the molecule is C=Nc1ccc(F)cc1/C(=C\C)C1C[C@@H]2CC(C(C)C(=O)Nc3ccc(C#CC4CC4)cn3)C[C@@H]2C1. The zero-order valence-corrected chi connectivity index (χ0v) is 21.1. The van der Waals surface area contributed by atoms with Crippen LogP contribution in [0.1, 0.15) is 63.5 Å². The molecule has 36 heavy (non-hydrogen) atoms. The minimum Gasteiger partial charge on any atom is -0.310 e. The zero-order valence-electron chi connectivity index (χ0n) is 21.1. The summed E-state index contributed by atoms with van der Waals surface area (Å²) in [5, 5.41) is 3.01. The Kier molecular flexibility index (Phi) is 7.05. The highest BCUT2D eigenvalue weighted by atomic mass is 19.1. The minimum absolute atomic E-state index is 0.0384. The maximum atomic E-state index is 14.0. The van der Waals surface area contributed by atoms with Crippen molar-refractivity contribution in [2.45, 2.75) is 52.4 Å². The molecule has 0 radical (unpaired) electrons. The highest BCUT2D eigenvalue weighted by Gasteiger charge is 2.45. The van der Waals surface area contributed by atoms with E-state index in [9.17, 15) is 9.18 Å². The Balaban J connectivity index is 1.17. The molecular weight excluding hydrogens is 449 g/mol. The zero-order chi connectivity index (χ0) is 25.2. The summed E-state index contributed by atoms with van der Waals surface area (Å²) < 4.78 is 14.0. The van der Waals surface area contributed by atoms with Crippen molar-refractivity contribution in [3.05, 3.63) is 59.5 Å². The van der Waals surface area contributed by atoms with Crippen LogP contribution in [0.4, 0.5) is 15.9 Å². The second kappa shape index (κ2) is 10.4. The fourth-order valence-corrected chi connectivity index (χ4v) is 6.22. The summed E-state index contributed by atoms with van der Waals surface area (Å²) in [5.74, 6) is 9.22. The first kappa shape index (κ1) is 24.4. The number of rotatable bonds is 6. The van der Waals surface area contributed by atoms with Crippen molar-refractivity contribution in [1.29, 1.82) is 0 Å². The molecule has 3 saturated carbocycles. The lowest BCUT2D eigenvalue weighted by atomic mass is 9.84. The van der Waals surface area contributed by atoms with E-state index in [0.29, 0.717) is 35.4 Å². The van der Waals surface area contributed by atoms with Gasteiger partial charge in [-0.1, -0.05) is 24.8 Å². The third kappa shape index (κ3) is 5.28. The molecule has 0 aliphatic heterocycles. The van der Waals surface area contributed by atoms with Crippen LogP contribution in [0, 0.1) is 53.2 Å². The molecule has 0 bridgehead atoms. The van der Waals surface area contributed by atoms with E-state index in [0.717, 1.165) is 42.5 Å². The molecule has 3 aliphatic rings. The normalized spacial score (nSPS) is 26.0. The van der Waals surface area contributed by atoms with E-state index in [2.05, 4.69) is 39.9 Å². The van der Waals surface area contributed by atoms with Gasteiger partial charge in [-0.25, -0.2) is 9.37 Å². The number of benzene rings is 1. The molecule has 5 rings (SSSR count). The summed E-state index contributed by atoms with van der Waals surface area (Å²) >= 11 is 0. The molecule has 1 N–H and O–H groups in total. The molecule has 3 aliphatic carbocycles. The van der Waals surface area contributed by atoms with Crippen LogP contribution in [-0.2, 0) is 4.79 Å². The molecule has 1 aromatic carbocycles. The molecule has 1 aromatic heterocycles. The summed E-state index contributed by atoms with van der Waals surface area (Å²) in [4.78, 5) is 21.5. The number of carbonyl (C=O) groups excluding carboxylic acids is 1. The van der Waals surface area contributed by atoms with Crippen molar-refractivity contribution in [2.75, 3.05) is 5.32 Å². The monoisotopic (exact) mass is 483 g/mol. The quantitative estimate of drug-likeness (QED) is 0.354. The number of pyridine rings is 1. The molecule has 3 unspecified atom stereocenters. The Morgan fingerprint density at radius 3 is 2.56 bits per heavy atom. The van der Waals surface area contributed by atoms with Gasteiger partial charge < -0.3 is 5.32 Å². The van der Waals surface area contributed by atoms with E-state index in [1.165, 1.54) is 24.5 Å². The Bertz CT molecular complexity index is 1220. The van der Waals surface area contributed by atoms with Gasteiger partial charge in [0.25, 0.3) is 0 Å². The van der Waals surface area contributed by atoms with Crippen molar-refractivity contribution in [3.8, 4) is 11.8 Å². The molecular formula is C31H34FN3O. The smallest absolute Gasteiger partial charge is 0.228 e. The van der Waals surface area contributed by atoms with Crippen LogP contribution in [0.2, 0.25) is 0 Å². The predicted molar refractivity (Wildman–Crippen MR) is 143 cm³/mol. The Hall–Kier alpha value is -3.26. The van der Waals surface area contributed by atoms with Gasteiger partial charge in [-0.2, -0.15) is 0 Å². The lowest BCUT2D eigenvalue weighted by molar-refractivity contribution is -0.120. The van der Waals surface area contributed by atoms with Crippen LogP contribution >= 0.6 is 0 Å². The molecule has 5 heteroatoms. The molecule has 5 atom stereocenters. The fourth-order valence-electron chi connectivity index (χ4n) is 6.22. The van der Waals surface area contributed by atoms with Crippen molar-refractivity contribution >= 4 is 29.7 Å². The maximum absolute atomic E-state index is 14.0. The average molecular weight is 484 g/mol. The first-order valence-corrected chi connectivity index (χ1v) is 13.2. The molecule has 186 valence electrons. The van der Waals surface area contributed by atoms with Gasteiger partial charge in [0.05, 0.1) is 5.69 Å². The number of amides is 1. The Labute approximate surface area is 213 Å². The van der Waals surface area contributed by atoms with Gasteiger partial charge in [0.1, 0.15) is 11.6 Å². The van der Waals surface area contributed by atoms with E-state index >= 15 is 0 Å². The fraction of sp³-hybridized carbons (Fsp3) is 0.452. The second-order valence-electron chi connectivity index (χ2n) is 10.7. The topological polar surface area (TPSA) is 54.4 Å². The second-order valence-corrected chi connectivity index (χ2v) is 10.7. The number of allylic oxidation sites excluding steroid dienone is 2. The van der Waals surface area contributed by atoms with E-state index in [-0.39, 0.29) is 17.6 Å². The van der Waals surface area contributed by atoms with Crippen LogP contribution < -0.4 is 5.32 Å². The maximum Gasteiger partial charge on any atom is 0.228 e. The third-order valence-corrected chi connectivity index (χ3v) is 8.38. The standard InChI is InChI=1S/C31H34FN3O/c1-4-27(28-17-26(32)10-11-29(28)33-3)25-15-23-13-22(14-24(23)16-25)19(2)31(36)35-30-12-9-21(18-34-30)8-7-20-5-6-20/h4,9-12,17-20,22-25H,3,5-6,13-16H2,1-2H3,(H,34,35,36)/b27-4-/t19?,22?,23-,24+,25?. The van der Waals surface area contributed by atoms with E-state index in [4.69, 9.17) is 0 Å². The summed E-state index contributed by atoms with van der Waals surface area (Å²) in [6, 6.07) is 8.49. The van der Waals surface area contributed by atoms with Gasteiger partial charge in [-0.05, 0) is 112 Å². The number of aromatic nitrogens is 1. The van der Waals surface area contributed by atoms with Crippen molar-refractivity contribution < 1.29 is 9.18 Å².